The molecular formula is C70H117N2O7P. The maximum Gasteiger partial charge on any atom is 0.306 e. The van der Waals surface area contributed by atoms with Gasteiger partial charge in [0, 0.05) is 12.8 Å². The fraction of sp³-hybridized carbons (Fsp3) is 0.629. The minimum atomic E-state index is -4.72. The van der Waals surface area contributed by atoms with Crippen molar-refractivity contribution >= 4 is 19.7 Å². The average molecular weight is 1130 g/mol. The molecule has 0 aromatic heterocycles. The van der Waals surface area contributed by atoms with Crippen molar-refractivity contribution in [3.8, 4) is 0 Å². The van der Waals surface area contributed by atoms with Crippen molar-refractivity contribution in [3.05, 3.63) is 146 Å². The molecular weight excluding hydrogens is 1010 g/mol. The lowest BCUT2D eigenvalue weighted by atomic mass is 10.0. The summed E-state index contributed by atoms with van der Waals surface area (Å²) in [5.41, 5.74) is 0. The first-order valence-electron chi connectivity index (χ1n) is 31.7. The number of esters is 1. The van der Waals surface area contributed by atoms with Crippen LogP contribution in [0.15, 0.2) is 146 Å². The van der Waals surface area contributed by atoms with Crippen LogP contribution in [0.4, 0.5) is 0 Å². The lowest BCUT2D eigenvalue weighted by Gasteiger charge is -2.30. The van der Waals surface area contributed by atoms with E-state index in [1.165, 1.54) is 83.5 Å². The number of unbranched alkanes of at least 4 members (excludes halogenated alkanes) is 22. The van der Waals surface area contributed by atoms with Crippen LogP contribution in [0.5, 0.6) is 0 Å². The predicted octanol–water partition coefficient (Wildman–Crippen LogP) is 19.2. The first-order chi connectivity index (χ1) is 38.9. The van der Waals surface area contributed by atoms with Crippen molar-refractivity contribution in [1.82, 2.24) is 5.32 Å². The molecule has 0 aromatic carbocycles. The number of nitrogens with one attached hydrogen (secondary N) is 1. The smallest absolute Gasteiger partial charge is 0.306 e. The molecule has 10 heteroatoms. The van der Waals surface area contributed by atoms with E-state index in [2.05, 4.69) is 99.0 Å². The van der Waals surface area contributed by atoms with E-state index in [9.17, 15) is 19.0 Å². The number of allylic oxidation sites excluding steroid dienone is 23. The van der Waals surface area contributed by atoms with Crippen LogP contribution < -0.4 is 10.2 Å². The number of amides is 1. The number of hydrogen-bond donors (Lipinski definition) is 1. The third-order valence-electron chi connectivity index (χ3n) is 13.2. The molecule has 0 radical (unpaired) electrons. The van der Waals surface area contributed by atoms with Crippen LogP contribution in [0.25, 0.3) is 0 Å². The van der Waals surface area contributed by atoms with Crippen molar-refractivity contribution in [3.63, 3.8) is 0 Å². The van der Waals surface area contributed by atoms with Crippen LogP contribution >= 0.6 is 7.82 Å². The Morgan fingerprint density at radius 2 is 0.863 bits per heavy atom. The van der Waals surface area contributed by atoms with E-state index in [4.69, 9.17) is 13.8 Å². The second kappa shape index (κ2) is 58.1. The Balaban J connectivity index is 5.27. The number of hydrogen-bond acceptors (Lipinski definition) is 7. The van der Waals surface area contributed by atoms with E-state index in [1.807, 2.05) is 94.1 Å². The summed E-state index contributed by atoms with van der Waals surface area (Å²) in [6, 6.07) is -0.922. The summed E-state index contributed by atoms with van der Waals surface area (Å²) in [5, 5.41) is 3.01. The molecule has 454 valence electrons. The predicted molar refractivity (Wildman–Crippen MR) is 343 cm³/mol. The molecule has 1 amide bonds. The largest absolute Gasteiger partial charge is 0.756 e. The van der Waals surface area contributed by atoms with Crippen molar-refractivity contribution in [2.45, 2.75) is 245 Å². The number of phosphoric acid groups is 1. The highest BCUT2D eigenvalue weighted by molar-refractivity contribution is 7.45. The highest BCUT2D eigenvalue weighted by Gasteiger charge is 2.27. The molecule has 9 nitrogen and oxygen atoms in total. The molecule has 0 spiro atoms. The molecule has 0 aliphatic rings. The van der Waals surface area contributed by atoms with Gasteiger partial charge in [-0.25, -0.2) is 0 Å². The van der Waals surface area contributed by atoms with Crippen LogP contribution in [0.3, 0.4) is 0 Å². The van der Waals surface area contributed by atoms with Crippen LogP contribution in [-0.4, -0.2) is 69.4 Å². The lowest BCUT2D eigenvalue weighted by molar-refractivity contribution is -0.870. The number of quaternary nitrogens is 1. The maximum absolute atomic E-state index is 13.6. The van der Waals surface area contributed by atoms with Crippen molar-refractivity contribution < 1.29 is 37.3 Å². The van der Waals surface area contributed by atoms with Crippen LogP contribution in [-0.2, 0) is 27.9 Å². The van der Waals surface area contributed by atoms with Crippen molar-refractivity contribution in [1.29, 1.82) is 0 Å². The number of carbonyl (C=O) groups excluding carboxylic acids is 2. The molecule has 3 atom stereocenters. The Morgan fingerprint density at radius 3 is 1.36 bits per heavy atom. The molecule has 0 heterocycles. The highest BCUT2D eigenvalue weighted by Crippen LogP contribution is 2.38. The minimum Gasteiger partial charge on any atom is -0.756 e. The van der Waals surface area contributed by atoms with Gasteiger partial charge in [-0.1, -0.05) is 270 Å². The van der Waals surface area contributed by atoms with Gasteiger partial charge in [-0.05, 0) is 96.0 Å². The van der Waals surface area contributed by atoms with Gasteiger partial charge in [-0.15, -0.1) is 0 Å². The molecule has 0 aliphatic heterocycles. The minimum absolute atomic E-state index is 0.0398. The molecule has 1 N–H and O–H groups in total. The first kappa shape index (κ1) is 75.9. The van der Waals surface area contributed by atoms with E-state index in [0.717, 1.165) is 109 Å². The van der Waals surface area contributed by atoms with Gasteiger partial charge in [-0.2, -0.15) is 0 Å². The topological polar surface area (TPSA) is 114 Å². The summed E-state index contributed by atoms with van der Waals surface area (Å²) in [5.74, 6) is -0.610. The third kappa shape index (κ3) is 58.5. The number of nitrogens with zero attached hydrogens (tertiary/aromatic N) is 1. The van der Waals surface area contributed by atoms with Gasteiger partial charge in [0.1, 0.15) is 19.3 Å². The fourth-order valence-corrected chi connectivity index (χ4v) is 9.07. The molecule has 0 bridgehead atoms. The van der Waals surface area contributed by atoms with Gasteiger partial charge in [-0.3, -0.25) is 14.2 Å². The zero-order valence-electron chi connectivity index (χ0n) is 51.7. The normalized spacial score (nSPS) is 14.6. The summed E-state index contributed by atoms with van der Waals surface area (Å²) in [6.07, 6.45) is 83.9. The number of rotatable bonds is 55. The van der Waals surface area contributed by atoms with E-state index >= 15 is 0 Å². The lowest BCUT2D eigenvalue weighted by Crippen LogP contribution is -2.47. The molecule has 0 rings (SSSR count). The van der Waals surface area contributed by atoms with Gasteiger partial charge in [0.2, 0.25) is 5.91 Å². The Hall–Kier alpha value is -4.11. The van der Waals surface area contributed by atoms with Gasteiger partial charge < -0.3 is 28.5 Å². The van der Waals surface area contributed by atoms with Gasteiger partial charge >= 0.3 is 5.97 Å². The second-order valence-electron chi connectivity index (χ2n) is 21.9. The molecule has 0 saturated heterocycles. The van der Waals surface area contributed by atoms with Gasteiger partial charge in [0.05, 0.1) is 33.8 Å². The number of likely N-dealkylation sites (N-methyl/N-ethyl adjacent to an activating group) is 1. The van der Waals surface area contributed by atoms with Crippen molar-refractivity contribution in [2.24, 2.45) is 0 Å². The summed E-state index contributed by atoms with van der Waals surface area (Å²) in [4.78, 5) is 40.0. The Morgan fingerprint density at radius 1 is 0.463 bits per heavy atom. The standard InChI is InChI=1S/C70H117N2O7P/c1-7-10-13-16-19-22-25-28-30-32-33-34-35-36-37-38-39-41-42-44-47-50-53-56-59-62-69(73)71-67(66-78-80(75,76)77-65-64-72(4,5)6)68(61-58-55-52-49-46-27-24-21-18-15-12-9-3)79-70(74)63-60-57-54-51-48-45-43-40-31-29-26-23-20-17-14-11-8-2/h10-11,13-14,17,19-20,22-23,26,28-31,33-34,36-37,40,43,45,48,58,61,67-68H,7-9,12,15-16,18,21,24-25,27,32,35,38-39,41-42,44,46-47,49-57,59-60,62-66H2,1-6H3,(H-,71,73,75,76)/b13-10-,14-11-,20-17+,22-19-,26-23+,30-28-,31-29-,34-33-,37-36-,43-40+,48-45+,61-58-. The molecule has 0 saturated carbocycles. The number of ether oxygens (including phenoxy) is 1. The van der Waals surface area contributed by atoms with E-state index in [-0.39, 0.29) is 31.3 Å². The summed E-state index contributed by atoms with van der Waals surface area (Å²) in [6.45, 7) is 6.53. The number of carbonyl (C=O) groups is 2. The van der Waals surface area contributed by atoms with E-state index < -0.39 is 26.6 Å². The van der Waals surface area contributed by atoms with Gasteiger partial charge in [0.15, 0.2) is 0 Å². The summed E-state index contributed by atoms with van der Waals surface area (Å²) < 4.78 is 30.3. The molecule has 3 unspecified atom stereocenters. The maximum atomic E-state index is 13.6. The van der Waals surface area contributed by atoms with Crippen molar-refractivity contribution in [2.75, 3.05) is 40.9 Å². The molecule has 0 aromatic rings. The van der Waals surface area contributed by atoms with Crippen LogP contribution in [0.2, 0.25) is 0 Å². The summed E-state index contributed by atoms with van der Waals surface area (Å²) >= 11 is 0. The van der Waals surface area contributed by atoms with Crippen LogP contribution in [0, 0.1) is 0 Å². The van der Waals surface area contributed by atoms with Crippen LogP contribution in [0.1, 0.15) is 233 Å². The Labute approximate surface area is 491 Å². The Kier molecular flexibility index (Phi) is 55.1. The quantitative estimate of drug-likeness (QED) is 0.0161. The monoisotopic (exact) mass is 1130 g/mol. The zero-order chi connectivity index (χ0) is 58.6. The SMILES string of the molecule is CC\C=C/C=C/C=C/C=C\C=C\C=C\CCCCCC(=O)OC(/C=C\CCCCCCCCCCCC)C(COP(=O)([O-])OCC[N+](C)(C)C)NC(=O)CCCCCCCCCCC/C=C\C/C=C\C/C=C\C/C=C\C/C=C\CC. The fourth-order valence-electron chi connectivity index (χ4n) is 8.34. The Bertz CT molecular complexity index is 1880. The average Bonchev–Trinajstić information content (AvgIpc) is 3.42. The molecule has 0 aliphatic carbocycles. The molecule has 80 heavy (non-hydrogen) atoms. The summed E-state index contributed by atoms with van der Waals surface area (Å²) in [7, 11) is 1.13. The first-order valence-corrected chi connectivity index (χ1v) is 33.2. The van der Waals surface area contributed by atoms with Gasteiger partial charge in [0.25, 0.3) is 7.82 Å². The second-order valence-corrected chi connectivity index (χ2v) is 23.4. The van der Waals surface area contributed by atoms with E-state index in [1.54, 1.807) is 0 Å². The third-order valence-corrected chi connectivity index (χ3v) is 14.1. The molecule has 0 fully saturated rings. The highest BCUT2D eigenvalue weighted by atomic mass is 31.2. The number of phosphoric ester groups is 1. The zero-order valence-corrected chi connectivity index (χ0v) is 52.6. The van der Waals surface area contributed by atoms with E-state index in [0.29, 0.717) is 17.4 Å².